The van der Waals surface area contributed by atoms with E-state index in [1.807, 2.05) is 0 Å². The van der Waals surface area contributed by atoms with Gasteiger partial charge in [0.15, 0.2) is 11.6 Å². The molecule has 0 fully saturated rings. The van der Waals surface area contributed by atoms with Gasteiger partial charge in [-0.15, -0.1) is 12.4 Å². The van der Waals surface area contributed by atoms with Crippen molar-refractivity contribution in [2.75, 3.05) is 20.7 Å². The SMILES string of the molecule is COC(CN)CC(=O)N(C)Cc1ccc(F)c(F)c1.Cl. The number of rotatable bonds is 6. The molecular formula is C13H19ClF2N2O2. The van der Waals surface area contributed by atoms with Crippen molar-refractivity contribution >= 4 is 18.3 Å². The fourth-order valence-corrected chi connectivity index (χ4v) is 1.61. The molecule has 4 nitrogen and oxygen atoms in total. The molecule has 1 aromatic rings. The van der Waals surface area contributed by atoms with Crippen molar-refractivity contribution in [1.82, 2.24) is 4.90 Å². The van der Waals surface area contributed by atoms with Gasteiger partial charge in [0.2, 0.25) is 5.91 Å². The summed E-state index contributed by atoms with van der Waals surface area (Å²) < 4.78 is 30.8. The Morgan fingerprint density at radius 2 is 2.05 bits per heavy atom. The molecule has 0 radical (unpaired) electrons. The number of hydrogen-bond donors (Lipinski definition) is 1. The summed E-state index contributed by atoms with van der Waals surface area (Å²) in [4.78, 5) is 13.3. The average Bonchev–Trinajstić information content (AvgIpc) is 2.39. The van der Waals surface area contributed by atoms with E-state index in [1.165, 1.54) is 18.1 Å². The normalized spacial score (nSPS) is 11.7. The molecular weight excluding hydrogens is 290 g/mol. The predicted octanol–water partition coefficient (Wildman–Crippen LogP) is 1.71. The number of benzene rings is 1. The summed E-state index contributed by atoms with van der Waals surface area (Å²) in [5, 5.41) is 0. The third kappa shape index (κ3) is 5.40. The van der Waals surface area contributed by atoms with Crippen LogP contribution in [0.25, 0.3) is 0 Å². The van der Waals surface area contributed by atoms with E-state index in [4.69, 9.17) is 10.5 Å². The second-order valence-corrected chi connectivity index (χ2v) is 4.30. The first-order chi connectivity index (χ1) is 8.97. The molecule has 20 heavy (non-hydrogen) atoms. The minimum atomic E-state index is -0.921. The molecule has 1 aromatic carbocycles. The lowest BCUT2D eigenvalue weighted by Crippen LogP contribution is -2.33. The van der Waals surface area contributed by atoms with Gasteiger partial charge >= 0.3 is 0 Å². The Labute approximate surface area is 123 Å². The number of carbonyl (C=O) groups excluding carboxylic acids is 1. The van der Waals surface area contributed by atoms with Crippen molar-refractivity contribution in [3.8, 4) is 0 Å². The van der Waals surface area contributed by atoms with Gasteiger partial charge in [-0.3, -0.25) is 4.79 Å². The third-order valence-corrected chi connectivity index (χ3v) is 2.83. The molecule has 0 heterocycles. The summed E-state index contributed by atoms with van der Waals surface area (Å²) >= 11 is 0. The van der Waals surface area contributed by atoms with Crippen molar-refractivity contribution < 1.29 is 18.3 Å². The average molecular weight is 309 g/mol. The molecule has 114 valence electrons. The van der Waals surface area contributed by atoms with Crippen molar-refractivity contribution in [1.29, 1.82) is 0 Å². The smallest absolute Gasteiger partial charge is 0.225 e. The number of nitrogens with zero attached hydrogens (tertiary/aromatic N) is 1. The second kappa shape index (κ2) is 8.84. The summed E-state index contributed by atoms with van der Waals surface area (Å²) in [5.74, 6) is -1.99. The minimum absolute atomic E-state index is 0. The maximum atomic E-state index is 13.0. The molecule has 1 atom stereocenters. The zero-order chi connectivity index (χ0) is 14.4. The highest BCUT2D eigenvalue weighted by Gasteiger charge is 2.16. The number of methoxy groups -OCH3 is 1. The molecule has 0 aliphatic rings. The predicted molar refractivity (Wildman–Crippen MR) is 74.5 cm³/mol. The summed E-state index contributed by atoms with van der Waals surface area (Å²) in [6.07, 6.45) is -0.174. The zero-order valence-corrected chi connectivity index (χ0v) is 12.3. The van der Waals surface area contributed by atoms with Crippen molar-refractivity contribution in [2.45, 2.75) is 19.1 Å². The van der Waals surface area contributed by atoms with Gasteiger partial charge in [0, 0.05) is 27.2 Å². The largest absolute Gasteiger partial charge is 0.380 e. The second-order valence-electron chi connectivity index (χ2n) is 4.30. The molecule has 0 saturated heterocycles. The van der Waals surface area contributed by atoms with Crippen LogP contribution in [0.5, 0.6) is 0 Å². The number of hydrogen-bond acceptors (Lipinski definition) is 3. The van der Waals surface area contributed by atoms with Gasteiger partial charge in [0.25, 0.3) is 0 Å². The van der Waals surface area contributed by atoms with Crippen LogP contribution in [0.1, 0.15) is 12.0 Å². The fourth-order valence-electron chi connectivity index (χ4n) is 1.61. The van der Waals surface area contributed by atoms with E-state index in [1.54, 1.807) is 7.05 Å². The van der Waals surface area contributed by atoms with E-state index < -0.39 is 11.6 Å². The maximum Gasteiger partial charge on any atom is 0.225 e. The summed E-state index contributed by atoms with van der Waals surface area (Å²) in [6.45, 7) is 0.457. The van der Waals surface area contributed by atoms with Gasteiger partial charge in [0.1, 0.15) is 0 Å². The van der Waals surface area contributed by atoms with Crippen LogP contribution in [0, 0.1) is 11.6 Å². The fraction of sp³-hybridized carbons (Fsp3) is 0.462. The van der Waals surface area contributed by atoms with Crippen LogP contribution < -0.4 is 5.73 Å². The van der Waals surface area contributed by atoms with Gasteiger partial charge in [-0.2, -0.15) is 0 Å². The zero-order valence-electron chi connectivity index (χ0n) is 11.4. The quantitative estimate of drug-likeness (QED) is 0.870. The van der Waals surface area contributed by atoms with Gasteiger partial charge < -0.3 is 15.4 Å². The molecule has 0 aromatic heterocycles. The Morgan fingerprint density at radius 3 is 2.55 bits per heavy atom. The number of ether oxygens (including phenoxy) is 1. The van der Waals surface area contributed by atoms with Crippen LogP contribution in [-0.4, -0.2) is 37.6 Å². The highest BCUT2D eigenvalue weighted by Crippen LogP contribution is 2.11. The van der Waals surface area contributed by atoms with E-state index in [2.05, 4.69) is 0 Å². The van der Waals surface area contributed by atoms with Crippen molar-refractivity contribution in [3.63, 3.8) is 0 Å². The third-order valence-electron chi connectivity index (χ3n) is 2.83. The Bertz CT molecular complexity index is 442. The van der Waals surface area contributed by atoms with E-state index in [9.17, 15) is 13.6 Å². The topological polar surface area (TPSA) is 55.6 Å². The lowest BCUT2D eigenvalue weighted by molar-refractivity contribution is -0.132. The van der Waals surface area contributed by atoms with Gasteiger partial charge in [-0.1, -0.05) is 6.07 Å². The summed E-state index contributed by atoms with van der Waals surface area (Å²) in [7, 11) is 3.08. The number of amides is 1. The summed E-state index contributed by atoms with van der Waals surface area (Å²) in [5.41, 5.74) is 5.96. The standard InChI is InChI=1S/C13H18F2N2O2.ClH/c1-17(13(18)6-10(7-16)19-2)8-9-3-4-11(14)12(15)5-9;/h3-5,10H,6-8,16H2,1-2H3;1H. The minimum Gasteiger partial charge on any atom is -0.380 e. The molecule has 0 bridgehead atoms. The molecule has 1 unspecified atom stereocenters. The maximum absolute atomic E-state index is 13.0. The molecule has 0 saturated carbocycles. The van der Waals surface area contributed by atoms with Crippen LogP contribution >= 0.6 is 12.4 Å². The molecule has 0 spiro atoms. The first-order valence-electron chi connectivity index (χ1n) is 5.88. The van der Waals surface area contributed by atoms with Gasteiger partial charge in [0.05, 0.1) is 12.5 Å². The van der Waals surface area contributed by atoms with Crippen LogP contribution in [-0.2, 0) is 16.1 Å². The van der Waals surface area contributed by atoms with E-state index >= 15 is 0 Å². The Kier molecular flexibility index (Phi) is 8.29. The van der Waals surface area contributed by atoms with E-state index in [-0.39, 0.29) is 43.9 Å². The van der Waals surface area contributed by atoms with E-state index in [0.29, 0.717) is 5.56 Å². The monoisotopic (exact) mass is 308 g/mol. The highest BCUT2D eigenvalue weighted by atomic mass is 35.5. The highest BCUT2D eigenvalue weighted by molar-refractivity contribution is 5.85. The Hall–Kier alpha value is -1.24. The lowest BCUT2D eigenvalue weighted by atomic mass is 10.2. The van der Waals surface area contributed by atoms with Crippen LogP contribution in [0.15, 0.2) is 18.2 Å². The molecule has 1 amide bonds. The number of nitrogens with two attached hydrogens (primary N) is 1. The molecule has 7 heteroatoms. The van der Waals surface area contributed by atoms with Gasteiger partial charge in [-0.25, -0.2) is 8.78 Å². The number of carbonyl (C=O) groups is 1. The first-order valence-corrected chi connectivity index (χ1v) is 5.88. The van der Waals surface area contributed by atoms with Crippen LogP contribution in [0.4, 0.5) is 8.78 Å². The Balaban J connectivity index is 0.00000361. The van der Waals surface area contributed by atoms with Crippen LogP contribution in [0.3, 0.4) is 0 Å². The van der Waals surface area contributed by atoms with Crippen LogP contribution in [0.2, 0.25) is 0 Å². The molecule has 0 aliphatic carbocycles. The van der Waals surface area contributed by atoms with Crippen molar-refractivity contribution in [2.24, 2.45) is 5.73 Å². The Morgan fingerprint density at radius 1 is 1.40 bits per heavy atom. The lowest BCUT2D eigenvalue weighted by Gasteiger charge is -2.20. The van der Waals surface area contributed by atoms with E-state index in [0.717, 1.165) is 12.1 Å². The molecule has 2 N–H and O–H groups in total. The van der Waals surface area contributed by atoms with Crippen molar-refractivity contribution in [3.05, 3.63) is 35.4 Å². The molecule has 1 rings (SSSR count). The summed E-state index contributed by atoms with van der Waals surface area (Å²) in [6, 6.07) is 3.57. The first kappa shape index (κ1) is 18.8. The molecule has 0 aliphatic heterocycles. The number of halogens is 3. The van der Waals surface area contributed by atoms with Gasteiger partial charge in [-0.05, 0) is 17.7 Å².